The highest BCUT2D eigenvalue weighted by Gasteiger charge is 2.25. The van der Waals surface area contributed by atoms with Crippen molar-refractivity contribution in [3.8, 4) is 0 Å². The van der Waals surface area contributed by atoms with Crippen LogP contribution in [0.15, 0.2) is 0 Å². The maximum atomic E-state index is 5.06. The summed E-state index contributed by atoms with van der Waals surface area (Å²) < 4.78 is 5.06. The van der Waals surface area contributed by atoms with E-state index in [0.29, 0.717) is 0 Å². The second kappa shape index (κ2) is 10.2. The standard InChI is InChI=1S/C14H29NOS/c1-3-9-15-14-7-4-6-13(14)8-12-17-11-5-10-16-2/h13-15H,3-12H2,1-2H3. The summed E-state index contributed by atoms with van der Waals surface area (Å²) in [6.45, 7) is 4.36. The fourth-order valence-corrected chi connectivity index (χ4v) is 3.62. The van der Waals surface area contributed by atoms with Crippen LogP contribution in [0.3, 0.4) is 0 Å². The molecule has 0 aromatic carbocycles. The molecule has 1 aliphatic rings. The summed E-state index contributed by atoms with van der Waals surface area (Å²) in [5.41, 5.74) is 0. The molecule has 0 aromatic rings. The van der Waals surface area contributed by atoms with Crippen LogP contribution in [0.25, 0.3) is 0 Å². The van der Waals surface area contributed by atoms with Crippen molar-refractivity contribution in [1.29, 1.82) is 0 Å². The Balaban J connectivity index is 2.00. The maximum Gasteiger partial charge on any atom is 0.0470 e. The van der Waals surface area contributed by atoms with Crippen molar-refractivity contribution in [1.82, 2.24) is 5.32 Å². The predicted octanol–water partition coefficient (Wildman–Crippen LogP) is 3.31. The first kappa shape index (κ1) is 15.3. The van der Waals surface area contributed by atoms with Crippen LogP contribution in [0, 0.1) is 5.92 Å². The highest BCUT2D eigenvalue weighted by molar-refractivity contribution is 7.99. The zero-order valence-electron chi connectivity index (χ0n) is 11.5. The fraction of sp³-hybridized carbons (Fsp3) is 1.00. The Morgan fingerprint density at radius 1 is 1.29 bits per heavy atom. The number of methoxy groups -OCH3 is 1. The van der Waals surface area contributed by atoms with Crippen molar-refractivity contribution in [3.05, 3.63) is 0 Å². The Morgan fingerprint density at radius 3 is 2.94 bits per heavy atom. The van der Waals surface area contributed by atoms with E-state index in [1.165, 1.54) is 56.6 Å². The van der Waals surface area contributed by atoms with Crippen LogP contribution in [-0.2, 0) is 4.74 Å². The Bertz CT molecular complexity index is 178. The van der Waals surface area contributed by atoms with Gasteiger partial charge >= 0.3 is 0 Å². The average molecular weight is 259 g/mol. The largest absolute Gasteiger partial charge is 0.385 e. The molecule has 17 heavy (non-hydrogen) atoms. The molecule has 0 radical (unpaired) electrons. The SMILES string of the molecule is CCCNC1CCCC1CCSCCCOC. The van der Waals surface area contributed by atoms with E-state index >= 15 is 0 Å². The Morgan fingerprint density at radius 2 is 2.18 bits per heavy atom. The van der Waals surface area contributed by atoms with Gasteiger partial charge in [-0.05, 0) is 56.1 Å². The normalized spacial score (nSPS) is 24.4. The molecule has 0 saturated heterocycles. The molecule has 2 atom stereocenters. The molecule has 0 amide bonds. The fourth-order valence-electron chi connectivity index (χ4n) is 2.62. The highest BCUT2D eigenvalue weighted by atomic mass is 32.2. The summed E-state index contributed by atoms with van der Waals surface area (Å²) in [7, 11) is 1.78. The van der Waals surface area contributed by atoms with E-state index in [1.54, 1.807) is 7.11 Å². The summed E-state index contributed by atoms with van der Waals surface area (Å²) in [4.78, 5) is 0. The molecule has 3 heteroatoms. The lowest BCUT2D eigenvalue weighted by atomic mass is 10.0. The Kier molecular flexibility index (Phi) is 9.21. The van der Waals surface area contributed by atoms with Gasteiger partial charge in [0.25, 0.3) is 0 Å². The molecule has 0 bridgehead atoms. The predicted molar refractivity (Wildman–Crippen MR) is 77.9 cm³/mol. The second-order valence-electron chi connectivity index (χ2n) is 5.00. The van der Waals surface area contributed by atoms with Crippen molar-refractivity contribution in [2.75, 3.05) is 31.8 Å². The average Bonchev–Trinajstić information content (AvgIpc) is 2.78. The van der Waals surface area contributed by atoms with Gasteiger partial charge in [0.2, 0.25) is 0 Å². The molecule has 0 spiro atoms. The van der Waals surface area contributed by atoms with Crippen molar-refractivity contribution < 1.29 is 4.74 Å². The van der Waals surface area contributed by atoms with E-state index in [4.69, 9.17) is 4.74 Å². The van der Waals surface area contributed by atoms with Gasteiger partial charge in [0, 0.05) is 19.8 Å². The van der Waals surface area contributed by atoms with E-state index in [2.05, 4.69) is 24.0 Å². The summed E-state index contributed by atoms with van der Waals surface area (Å²) >= 11 is 2.10. The van der Waals surface area contributed by atoms with Gasteiger partial charge in [-0.2, -0.15) is 11.8 Å². The van der Waals surface area contributed by atoms with Crippen molar-refractivity contribution in [2.45, 2.75) is 51.5 Å². The quantitative estimate of drug-likeness (QED) is 0.608. The van der Waals surface area contributed by atoms with Crippen LogP contribution in [0.5, 0.6) is 0 Å². The van der Waals surface area contributed by atoms with Crippen LogP contribution in [-0.4, -0.2) is 37.8 Å². The minimum Gasteiger partial charge on any atom is -0.385 e. The van der Waals surface area contributed by atoms with Crippen LogP contribution >= 0.6 is 11.8 Å². The molecule has 1 aliphatic carbocycles. The lowest BCUT2D eigenvalue weighted by Crippen LogP contribution is -2.33. The third-order valence-corrected chi connectivity index (χ3v) is 4.69. The number of hydrogen-bond donors (Lipinski definition) is 1. The number of hydrogen-bond acceptors (Lipinski definition) is 3. The van der Waals surface area contributed by atoms with Crippen molar-refractivity contribution in [3.63, 3.8) is 0 Å². The van der Waals surface area contributed by atoms with E-state index in [1.807, 2.05) is 0 Å². The molecule has 0 aliphatic heterocycles. The van der Waals surface area contributed by atoms with Gasteiger partial charge in [-0.3, -0.25) is 0 Å². The molecular weight excluding hydrogens is 230 g/mol. The van der Waals surface area contributed by atoms with Gasteiger partial charge in [-0.1, -0.05) is 13.3 Å². The minimum atomic E-state index is 0.814. The Hall–Kier alpha value is 0.270. The number of nitrogens with one attached hydrogen (secondary N) is 1. The van der Waals surface area contributed by atoms with E-state index in [9.17, 15) is 0 Å². The van der Waals surface area contributed by atoms with Gasteiger partial charge in [0.15, 0.2) is 0 Å². The summed E-state index contributed by atoms with van der Waals surface area (Å²) in [5.74, 6) is 3.53. The van der Waals surface area contributed by atoms with E-state index < -0.39 is 0 Å². The lowest BCUT2D eigenvalue weighted by molar-refractivity contribution is 0.200. The van der Waals surface area contributed by atoms with Crippen LogP contribution < -0.4 is 5.32 Å². The van der Waals surface area contributed by atoms with Gasteiger partial charge in [0.1, 0.15) is 0 Å². The topological polar surface area (TPSA) is 21.3 Å². The van der Waals surface area contributed by atoms with Crippen molar-refractivity contribution in [2.24, 2.45) is 5.92 Å². The summed E-state index contributed by atoms with van der Waals surface area (Å²) in [6.07, 6.45) is 8.14. The van der Waals surface area contributed by atoms with Gasteiger partial charge < -0.3 is 10.1 Å². The molecule has 2 nitrogen and oxygen atoms in total. The molecular formula is C14H29NOS. The Labute approximate surface area is 111 Å². The first-order valence-corrected chi connectivity index (χ1v) is 8.34. The summed E-state index contributed by atoms with van der Waals surface area (Å²) in [6, 6.07) is 0.814. The molecule has 102 valence electrons. The molecule has 1 fully saturated rings. The zero-order chi connectivity index (χ0) is 12.3. The molecule has 0 aromatic heterocycles. The van der Waals surface area contributed by atoms with E-state index in [-0.39, 0.29) is 0 Å². The van der Waals surface area contributed by atoms with Crippen LogP contribution in [0.4, 0.5) is 0 Å². The molecule has 0 heterocycles. The smallest absolute Gasteiger partial charge is 0.0470 e. The van der Waals surface area contributed by atoms with E-state index in [0.717, 1.165) is 18.6 Å². The van der Waals surface area contributed by atoms with Gasteiger partial charge in [-0.15, -0.1) is 0 Å². The molecule has 1 rings (SSSR count). The number of ether oxygens (including phenoxy) is 1. The molecule has 1 saturated carbocycles. The number of rotatable bonds is 10. The third kappa shape index (κ3) is 6.68. The monoisotopic (exact) mass is 259 g/mol. The van der Waals surface area contributed by atoms with Gasteiger partial charge in [-0.25, -0.2) is 0 Å². The first-order chi connectivity index (χ1) is 8.38. The third-order valence-electron chi connectivity index (χ3n) is 3.59. The van der Waals surface area contributed by atoms with Crippen LogP contribution in [0.1, 0.15) is 45.4 Å². The van der Waals surface area contributed by atoms with Crippen LogP contribution in [0.2, 0.25) is 0 Å². The minimum absolute atomic E-state index is 0.814. The van der Waals surface area contributed by atoms with Crippen molar-refractivity contribution >= 4 is 11.8 Å². The lowest BCUT2D eigenvalue weighted by Gasteiger charge is -2.20. The first-order valence-electron chi connectivity index (χ1n) is 7.18. The number of thioether (sulfide) groups is 1. The molecule has 1 N–H and O–H groups in total. The zero-order valence-corrected chi connectivity index (χ0v) is 12.4. The van der Waals surface area contributed by atoms with Gasteiger partial charge in [0.05, 0.1) is 0 Å². The summed E-state index contributed by atoms with van der Waals surface area (Å²) in [5, 5.41) is 3.71. The maximum absolute atomic E-state index is 5.06. The second-order valence-corrected chi connectivity index (χ2v) is 6.22. The highest BCUT2D eigenvalue weighted by Crippen LogP contribution is 2.29. The molecule has 2 unspecified atom stereocenters.